The number of amides is 1. The van der Waals surface area contributed by atoms with Gasteiger partial charge in [-0.25, -0.2) is 0 Å². The molecule has 0 atom stereocenters. The average Bonchev–Trinajstić information content (AvgIpc) is 2.71. The Hall–Kier alpha value is -3.42. The zero-order chi connectivity index (χ0) is 22.1. The smallest absolute Gasteiger partial charge is 0.387 e. The van der Waals surface area contributed by atoms with Crippen LogP contribution in [-0.4, -0.2) is 50.5 Å². The van der Waals surface area contributed by atoms with Gasteiger partial charge in [0.05, 0.1) is 6.61 Å². The van der Waals surface area contributed by atoms with Crippen LogP contribution < -0.4 is 14.2 Å². The summed E-state index contributed by atoms with van der Waals surface area (Å²) in [7, 11) is 3.28. The van der Waals surface area contributed by atoms with Crippen molar-refractivity contribution < 1.29 is 32.6 Å². The van der Waals surface area contributed by atoms with Crippen LogP contribution in [0.1, 0.15) is 22.8 Å². The summed E-state index contributed by atoms with van der Waals surface area (Å²) in [5.41, 5.74) is 1.02. The van der Waals surface area contributed by atoms with Gasteiger partial charge in [0.25, 0.3) is 5.91 Å². The minimum atomic E-state index is -2.92. The number of halogens is 2. The van der Waals surface area contributed by atoms with Crippen LogP contribution in [0.3, 0.4) is 0 Å². The standard InChI is InChI=1S/C22H23F2NO5/c1-4-28-20-13-15(6-12-19(20)29-14-21(27)25(2)3)5-11-18(26)16-7-9-17(10-8-16)30-22(23)24/h5-13,22H,4,14H2,1-3H3/b11-5+. The van der Waals surface area contributed by atoms with Crippen LogP contribution >= 0.6 is 0 Å². The monoisotopic (exact) mass is 419 g/mol. The van der Waals surface area contributed by atoms with Gasteiger partial charge in [-0.15, -0.1) is 0 Å². The van der Waals surface area contributed by atoms with Gasteiger partial charge in [0.15, 0.2) is 23.9 Å². The van der Waals surface area contributed by atoms with Gasteiger partial charge in [-0.05, 0) is 55.0 Å². The molecule has 6 nitrogen and oxygen atoms in total. The van der Waals surface area contributed by atoms with E-state index in [9.17, 15) is 18.4 Å². The number of carbonyl (C=O) groups excluding carboxylic acids is 2. The van der Waals surface area contributed by atoms with Crippen molar-refractivity contribution >= 4 is 17.8 Å². The lowest BCUT2D eigenvalue weighted by molar-refractivity contribution is -0.130. The van der Waals surface area contributed by atoms with Crippen LogP contribution in [-0.2, 0) is 4.79 Å². The summed E-state index contributed by atoms with van der Waals surface area (Å²) in [6, 6.07) is 10.5. The highest BCUT2D eigenvalue weighted by molar-refractivity contribution is 6.06. The molecule has 2 aromatic rings. The molecule has 1 amide bonds. The quantitative estimate of drug-likeness (QED) is 0.429. The molecule has 0 aliphatic rings. The highest BCUT2D eigenvalue weighted by Crippen LogP contribution is 2.29. The number of benzene rings is 2. The van der Waals surface area contributed by atoms with E-state index >= 15 is 0 Å². The number of ether oxygens (including phenoxy) is 3. The Kier molecular flexibility index (Phi) is 8.34. The van der Waals surface area contributed by atoms with Gasteiger partial charge in [-0.1, -0.05) is 12.1 Å². The Morgan fingerprint density at radius 1 is 1.03 bits per heavy atom. The second-order valence-electron chi connectivity index (χ2n) is 6.32. The third-order valence-corrected chi connectivity index (χ3v) is 3.91. The predicted octanol–water partition coefficient (Wildman–Crippen LogP) is 4.05. The summed E-state index contributed by atoms with van der Waals surface area (Å²) in [5, 5.41) is 0. The number of carbonyl (C=O) groups is 2. The summed E-state index contributed by atoms with van der Waals surface area (Å²) >= 11 is 0. The molecule has 0 unspecified atom stereocenters. The van der Waals surface area contributed by atoms with Crippen molar-refractivity contribution in [1.82, 2.24) is 4.90 Å². The summed E-state index contributed by atoms with van der Waals surface area (Å²) < 4.78 is 39.7. The highest BCUT2D eigenvalue weighted by atomic mass is 19.3. The van der Waals surface area contributed by atoms with Gasteiger partial charge < -0.3 is 19.1 Å². The van der Waals surface area contributed by atoms with Crippen molar-refractivity contribution in [3.05, 3.63) is 59.7 Å². The fraction of sp³-hybridized carbons (Fsp3) is 0.273. The number of allylic oxidation sites excluding steroid dienone is 1. The molecule has 0 aliphatic carbocycles. The highest BCUT2D eigenvalue weighted by Gasteiger charge is 2.10. The van der Waals surface area contributed by atoms with Gasteiger partial charge >= 0.3 is 6.61 Å². The minimum absolute atomic E-state index is 0.0183. The number of likely N-dealkylation sites (N-methyl/N-ethyl adjacent to an activating group) is 1. The summed E-state index contributed by atoms with van der Waals surface area (Å²) in [4.78, 5) is 25.4. The van der Waals surface area contributed by atoms with Crippen LogP contribution in [0.4, 0.5) is 8.78 Å². The second kappa shape index (κ2) is 10.9. The van der Waals surface area contributed by atoms with E-state index in [-0.39, 0.29) is 24.0 Å². The maximum Gasteiger partial charge on any atom is 0.387 e. The number of alkyl halides is 2. The maximum absolute atomic E-state index is 12.3. The van der Waals surface area contributed by atoms with E-state index in [1.807, 2.05) is 6.92 Å². The van der Waals surface area contributed by atoms with E-state index in [1.165, 1.54) is 35.2 Å². The molecule has 0 aromatic heterocycles. The van der Waals surface area contributed by atoms with Gasteiger partial charge in [0.2, 0.25) is 0 Å². The van der Waals surface area contributed by atoms with Crippen molar-refractivity contribution in [2.24, 2.45) is 0 Å². The fourth-order valence-electron chi connectivity index (χ4n) is 2.35. The van der Waals surface area contributed by atoms with Gasteiger partial charge in [0.1, 0.15) is 5.75 Å². The van der Waals surface area contributed by atoms with E-state index in [1.54, 1.807) is 38.4 Å². The molecular formula is C22H23F2NO5. The molecule has 0 saturated heterocycles. The van der Waals surface area contributed by atoms with E-state index in [0.717, 1.165) is 0 Å². The third kappa shape index (κ3) is 6.88. The number of rotatable bonds is 10. The van der Waals surface area contributed by atoms with Crippen molar-refractivity contribution in [3.63, 3.8) is 0 Å². The molecule has 0 fully saturated rings. The largest absolute Gasteiger partial charge is 0.490 e. The van der Waals surface area contributed by atoms with Crippen LogP contribution in [0.15, 0.2) is 48.5 Å². The van der Waals surface area contributed by atoms with Crippen molar-refractivity contribution in [3.8, 4) is 17.2 Å². The second-order valence-corrected chi connectivity index (χ2v) is 6.32. The lowest BCUT2D eigenvalue weighted by Crippen LogP contribution is -2.27. The molecule has 0 N–H and O–H groups in total. The topological polar surface area (TPSA) is 65.1 Å². The molecule has 8 heteroatoms. The molecular weight excluding hydrogens is 396 g/mol. The van der Waals surface area contributed by atoms with E-state index in [4.69, 9.17) is 9.47 Å². The first-order valence-electron chi connectivity index (χ1n) is 9.17. The Labute approximate surface area is 173 Å². The molecule has 0 bridgehead atoms. The number of nitrogens with zero attached hydrogens (tertiary/aromatic N) is 1. The van der Waals surface area contributed by atoms with Gasteiger partial charge in [0, 0.05) is 19.7 Å². The average molecular weight is 419 g/mol. The third-order valence-electron chi connectivity index (χ3n) is 3.91. The molecule has 0 saturated carbocycles. The van der Waals surface area contributed by atoms with E-state index in [0.29, 0.717) is 29.2 Å². The zero-order valence-corrected chi connectivity index (χ0v) is 16.9. The molecule has 30 heavy (non-hydrogen) atoms. The first-order valence-corrected chi connectivity index (χ1v) is 9.17. The molecule has 160 valence electrons. The number of ketones is 1. The SMILES string of the molecule is CCOc1cc(/C=C/C(=O)c2ccc(OC(F)F)cc2)ccc1OCC(=O)N(C)C. The maximum atomic E-state index is 12.3. The van der Waals surface area contributed by atoms with E-state index in [2.05, 4.69) is 4.74 Å². The Morgan fingerprint density at radius 3 is 2.33 bits per heavy atom. The zero-order valence-electron chi connectivity index (χ0n) is 16.9. The molecule has 0 radical (unpaired) electrons. The normalized spacial score (nSPS) is 10.9. The molecule has 2 rings (SSSR count). The lowest BCUT2D eigenvalue weighted by atomic mass is 10.1. The van der Waals surface area contributed by atoms with E-state index < -0.39 is 6.61 Å². The number of hydrogen-bond acceptors (Lipinski definition) is 5. The molecule has 0 heterocycles. The summed E-state index contributed by atoms with van der Waals surface area (Å²) in [6.45, 7) is -0.815. The van der Waals surface area contributed by atoms with Crippen molar-refractivity contribution in [2.45, 2.75) is 13.5 Å². The van der Waals surface area contributed by atoms with Crippen molar-refractivity contribution in [2.75, 3.05) is 27.3 Å². The lowest BCUT2D eigenvalue weighted by Gasteiger charge is -2.14. The summed E-state index contributed by atoms with van der Waals surface area (Å²) in [6.07, 6.45) is 2.97. The fourth-order valence-corrected chi connectivity index (χ4v) is 2.35. The van der Waals surface area contributed by atoms with Gasteiger partial charge in [-0.2, -0.15) is 8.78 Å². The Bertz CT molecular complexity index is 895. The van der Waals surface area contributed by atoms with Crippen molar-refractivity contribution in [1.29, 1.82) is 0 Å². The number of hydrogen-bond donors (Lipinski definition) is 0. The Balaban J connectivity index is 2.09. The van der Waals surface area contributed by atoms with Crippen LogP contribution in [0.2, 0.25) is 0 Å². The first kappa shape index (κ1) is 22.9. The van der Waals surface area contributed by atoms with Gasteiger partial charge in [-0.3, -0.25) is 9.59 Å². The van der Waals surface area contributed by atoms with Crippen LogP contribution in [0.5, 0.6) is 17.2 Å². The van der Waals surface area contributed by atoms with Crippen LogP contribution in [0, 0.1) is 0 Å². The predicted molar refractivity (Wildman–Crippen MR) is 108 cm³/mol. The Morgan fingerprint density at radius 2 is 1.73 bits per heavy atom. The summed E-state index contributed by atoms with van der Waals surface area (Å²) in [5.74, 6) is 0.373. The molecule has 2 aromatic carbocycles. The first-order chi connectivity index (χ1) is 14.3. The molecule has 0 aliphatic heterocycles. The van der Waals surface area contributed by atoms with Crippen LogP contribution in [0.25, 0.3) is 6.08 Å². The minimum Gasteiger partial charge on any atom is -0.490 e. The molecule has 0 spiro atoms.